The molecular weight excluding hydrogens is 302 g/mol. The molecular formula is C15H23N3O5. The Morgan fingerprint density at radius 3 is 2.96 bits per heavy atom. The molecule has 3 atom stereocenters. The molecule has 23 heavy (non-hydrogen) atoms. The molecule has 2 saturated heterocycles. The molecule has 3 heterocycles. The average molecular weight is 325 g/mol. The van der Waals surface area contributed by atoms with Gasteiger partial charge in [0.25, 0.3) is 0 Å². The normalized spacial score (nSPS) is 31.2. The first-order valence-corrected chi connectivity index (χ1v) is 8.21. The van der Waals surface area contributed by atoms with Crippen molar-refractivity contribution in [2.75, 3.05) is 13.2 Å². The van der Waals surface area contributed by atoms with Gasteiger partial charge in [-0.1, -0.05) is 5.21 Å². The zero-order valence-electron chi connectivity index (χ0n) is 13.3. The Labute approximate surface area is 134 Å². The molecule has 8 nitrogen and oxygen atoms in total. The maximum atomic E-state index is 12.0. The number of carbonyl (C=O) groups is 1. The molecule has 1 aromatic heterocycles. The van der Waals surface area contributed by atoms with Gasteiger partial charge in [-0.15, -0.1) is 5.10 Å². The molecule has 1 aromatic rings. The lowest BCUT2D eigenvalue weighted by molar-refractivity contribution is -0.332. The van der Waals surface area contributed by atoms with Crippen LogP contribution in [-0.4, -0.2) is 51.2 Å². The third kappa shape index (κ3) is 3.39. The second-order valence-corrected chi connectivity index (χ2v) is 5.97. The zero-order chi connectivity index (χ0) is 16.3. The first kappa shape index (κ1) is 16.4. The first-order valence-electron chi connectivity index (χ1n) is 8.21. The Hall–Kier alpha value is -1.51. The highest BCUT2D eigenvalue weighted by Crippen LogP contribution is 2.42. The van der Waals surface area contributed by atoms with Crippen LogP contribution in [0.3, 0.4) is 0 Å². The maximum absolute atomic E-state index is 12.0. The molecule has 8 heteroatoms. The van der Waals surface area contributed by atoms with Gasteiger partial charge in [-0.3, -0.25) is 0 Å². The average Bonchev–Trinajstić information content (AvgIpc) is 3.05. The predicted molar refractivity (Wildman–Crippen MR) is 78.5 cm³/mol. The maximum Gasteiger partial charge on any atom is 0.358 e. The SMILES string of the molecule is CCOC(=O)c1cnnn1[C@@H]1CCC[C@]2(CCC[C@@H](CO)O2)O1. The number of carbonyl (C=O) groups excluding carboxylic acids is 1. The summed E-state index contributed by atoms with van der Waals surface area (Å²) in [4.78, 5) is 12.0. The molecule has 1 N–H and O–H groups in total. The molecule has 0 amide bonds. The molecule has 0 unspecified atom stereocenters. The fourth-order valence-electron chi connectivity index (χ4n) is 3.31. The van der Waals surface area contributed by atoms with Crippen molar-refractivity contribution in [3.63, 3.8) is 0 Å². The number of aromatic nitrogens is 3. The van der Waals surface area contributed by atoms with Crippen molar-refractivity contribution < 1.29 is 24.1 Å². The molecule has 128 valence electrons. The summed E-state index contributed by atoms with van der Waals surface area (Å²) in [6, 6.07) is 0. The van der Waals surface area contributed by atoms with Crippen LogP contribution in [0.2, 0.25) is 0 Å². The minimum atomic E-state index is -0.702. The number of aliphatic hydroxyl groups is 1. The first-order chi connectivity index (χ1) is 11.2. The van der Waals surface area contributed by atoms with Crippen LogP contribution in [0.1, 0.15) is 62.2 Å². The van der Waals surface area contributed by atoms with E-state index in [0.29, 0.717) is 6.61 Å². The number of ether oxygens (including phenoxy) is 3. The zero-order valence-corrected chi connectivity index (χ0v) is 13.3. The molecule has 0 saturated carbocycles. The van der Waals surface area contributed by atoms with E-state index in [1.807, 2.05) is 0 Å². The van der Waals surface area contributed by atoms with Crippen molar-refractivity contribution in [2.24, 2.45) is 0 Å². The topological polar surface area (TPSA) is 95.7 Å². The third-order valence-corrected chi connectivity index (χ3v) is 4.36. The number of aliphatic hydroxyl groups excluding tert-OH is 1. The van der Waals surface area contributed by atoms with Gasteiger partial charge < -0.3 is 19.3 Å². The third-order valence-electron chi connectivity index (χ3n) is 4.36. The summed E-state index contributed by atoms with van der Waals surface area (Å²) in [7, 11) is 0. The van der Waals surface area contributed by atoms with E-state index in [1.54, 1.807) is 6.92 Å². The Morgan fingerprint density at radius 1 is 1.43 bits per heavy atom. The second-order valence-electron chi connectivity index (χ2n) is 5.97. The molecule has 0 bridgehead atoms. The smallest absolute Gasteiger partial charge is 0.358 e. The molecule has 2 aliphatic heterocycles. The Morgan fingerprint density at radius 2 is 2.22 bits per heavy atom. The summed E-state index contributed by atoms with van der Waals surface area (Å²) >= 11 is 0. The van der Waals surface area contributed by atoms with Crippen LogP contribution in [0.25, 0.3) is 0 Å². The highest BCUT2D eigenvalue weighted by atomic mass is 16.7. The quantitative estimate of drug-likeness (QED) is 0.836. The van der Waals surface area contributed by atoms with Crippen LogP contribution in [0.15, 0.2) is 6.20 Å². The van der Waals surface area contributed by atoms with Gasteiger partial charge in [-0.05, 0) is 32.6 Å². The lowest BCUT2D eigenvalue weighted by atomic mass is 9.94. The van der Waals surface area contributed by atoms with E-state index < -0.39 is 18.0 Å². The lowest BCUT2D eigenvalue weighted by Gasteiger charge is -2.45. The highest BCUT2D eigenvalue weighted by Gasteiger charge is 2.43. The molecule has 0 aromatic carbocycles. The van der Waals surface area contributed by atoms with Crippen molar-refractivity contribution in [3.8, 4) is 0 Å². The summed E-state index contributed by atoms with van der Waals surface area (Å²) < 4.78 is 18.7. The number of hydrogen-bond acceptors (Lipinski definition) is 7. The molecule has 2 fully saturated rings. The number of rotatable bonds is 4. The molecule has 1 spiro atoms. The van der Waals surface area contributed by atoms with Gasteiger partial charge in [0.05, 0.1) is 25.5 Å². The fraction of sp³-hybridized carbons (Fsp3) is 0.800. The van der Waals surface area contributed by atoms with Gasteiger partial charge in [-0.2, -0.15) is 0 Å². The Kier molecular flexibility index (Phi) is 4.93. The van der Waals surface area contributed by atoms with Crippen molar-refractivity contribution >= 4 is 5.97 Å². The standard InChI is InChI=1S/C15H23N3O5/c1-2-21-14(20)12-9-16-17-18(12)13-6-4-8-15(23-13)7-3-5-11(10-19)22-15/h9,11,13,19H,2-8,10H2,1H3/t11-,13-,15-/m0/s1. The lowest BCUT2D eigenvalue weighted by Crippen LogP contribution is -2.48. The summed E-state index contributed by atoms with van der Waals surface area (Å²) in [5.41, 5.74) is 0.281. The van der Waals surface area contributed by atoms with Crippen LogP contribution >= 0.6 is 0 Å². The van der Waals surface area contributed by atoms with Gasteiger partial charge in [0.15, 0.2) is 17.7 Å². The summed E-state index contributed by atoms with van der Waals surface area (Å²) in [6.07, 6.45) is 5.75. The molecule has 0 aliphatic carbocycles. The van der Waals surface area contributed by atoms with Crippen LogP contribution in [0, 0.1) is 0 Å². The van der Waals surface area contributed by atoms with E-state index in [4.69, 9.17) is 14.2 Å². The minimum Gasteiger partial charge on any atom is -0.461 e. The van der Waals surface area contributed by atoms with Crippen LogP contribution in [0.5, 0.6) is 0 Å². The highest BCUT2D eigenvalue weighted by molar-refractivity contribution is 5.87. The van der Waals surface area contributed by atoms with Crippen molar-refractivity contribution in [2.45, 2.75) is 63.6 Å². The van der Waals surface area contributed by atoms with Crippen molar-refractivity contribution in [1.82, 2.24) is 15.0 Å². The molecule has 0 radical (unpaired) electrons. The van der Waals surface area contributed by atoms with Crippen LogP contribution in [-0.2, 0) is 14.2 Å². The summed E-state index contributed by atoms with van der Waals surface area (Å²) in [5.74, 6) is -1.16. The van der Waals surface area contributed by atoms with Crippen LogP contribution < -0.4 is 0 Å². The van der Waals surface area contributed by atoms with Gasteiger partial charge in [0, 0.05) is 12.8 Å². The second kappa shape index (κ2) is 6.94. The molecule has 3 rings (SSSR count). The van der Waals surface area contributed by atoms with E-state index >= 15 is 0 Å². The van der Waals surface area contributed by atoms with E-state index in [0.717, 1.165) is 38.5 Å². The number of hydrogen-bond donors (Lipinski definition) is 1. The largest absolute Gasteiger partial charge is 0.461 e. The van der Waals surface area contributed by atoms with Gasteiger partial charge >= 0.3 is 5.97 Å². The monoisotopic (exact) mass is 325 g/mol. The van der Waals surface area contributed by atoms with Gasteiger partial charge in [0.2, 0.25) is 0 Å². The minimum absolute atomic E-state index is 0.00677. The van der Waals surface area contributed by atoms with E-state index in [-0.39, 0.29) is 18.4 Å². The van der Waals surface area contributed by atoms with E-state index in [9.17, 15) is 9.90 Å². The summed E-state index contributed by atoms with van der Waals surface area (Å²) in [6.45, 7) is 2.04. The number of esters is 1. The molecule has 2 aliphatic rings. The predicted octanol–water partition coefficient (Wildman–Crippen LogP) is 1.41. The Balaban J connectivity index is 1.77. The van der Waals surface area contributed by atoms with Crippen molar-refractivity contribution in [1.29, 1.82) is 0 Å². The summed E-state index contributed by atoms with van der Waals surface area (Å²) in [5, 5.41) is 17.2. The van der Waals surface area contributed by atoms with E-state index in [1.165, 1.54) is 10.9 Å². The number of nitrogens with zero attached hydrogens (tertiary/aromatic N) is 3. The van der Waals surface area contributed by atoms with Gasteiger partial charge in [-0.25, -0.2) is 9.48 Å². The Bertz CT molecular complexity index is 545. The van der Waals surface area contributed by atoms with E-state index in [2.05, 4.69) is 10.3 Å². The van der Waals surface area contributed by atoms with Crippen molar-refractivity contribution in [3.05, 3.63) is 11.9 Å². The van der Waals surface area contributed by atoms with Crippen LogP contribution in [0.4, 0.5) is 0 Å². The fourth-order valence-corrected chi connectivity index (χ4v) is 3.31. The van der Waals surface area contributed by atoms with Gasteiger partial charge in [0.1, 0.15) is 0 Å².